The zero-order valence-electron chi connectivity index (χ0n) is 10.5. The van der Waals surface area contributed by atoms with Crippen LogP contribution < -0.4 is 5.32 Å². The molecule has 0 aliphatic carbocycles. The van der Waals surface area contributed by atoms with E-state index in [1.165, 1.54) is 26.2 Å². The molecule has 0 amide bonds. The number of hydrogen-bond acceptors (Lipinski definition) is 4. The van der Waals surface area contributed by atoms with Gasteiger partial charge in [-0.05, 0) is 19.1 Å². The van der Waals surface area contributed by atoms with E-state index in [9.17, 15) is 0 Å². The number of rotatable bonds is 3. The largest absolute Gasteiger partial charge is 0.465 e. The molecule has 2 aliphatic rings. The van der Waals surface area contributed by atoms with Crippen LogP contribution in [0.1, 0.15) is 11.5 Å². The summed E-state index contributed by atoms with van der Waals surface area (Å²) in [4.78, 5) is 5.07. The second kappa shape index (κ2) is 4.80. The standard InChI is InChI=1S/C13H21N3O/c1-11-2-3-13(17-11)10-15-8-12(9-15)16-6-4-14-5-7-16/h2-3,12,14H,4-10H2,1H3. The molecule has 0 radical (unpaired) electrons. The molecule has 0 aromatic carbocycles. The first-order valence-corrected chi connectivity index (χ1v) is 6.54. The Hall–Kier alpha value is -0.840. The van der Waals surface area contributed by atoms with Crippen molar-refractivity contribution in [2.24, 2.45) is 0 Å². The summed E-state index contributed by atoms with van der Waals surface area (Å²) >= 11 is 0. The van der Waals surface area contributed by atoms with Gasteiger partial charge in [0.2, 0.25) is 0 Å². The maximum Gasteiger partial charge on any atom is 0.118 e. The molecule has 0 spiro atoms. The third kappa shape index (κ3) is 2.54. The first-order chi connectivity index (χ1) is 8.31. The van der Waals surface area contributed by atoms with E-state index in [4.69, 9.17) is 4.42 Å². The predicted octanol–water partition coefficient (Wildman–Crippen LogP) is 0.677. The zero-order chi connectivity index (χ0) is 11.7. The highest BCUT2D eigenvalue weighted by Crippen LogP contribution is 2.19. The number of hydrogen-bond donors (Lipinski definition) is 1. The quantitative estimate of drug-likeness (QED) is 0.835. The van der Waals surface area contributed by atoms with Crippen LogP contribution in [0.3, 0.4) is 0 Å². The summed E-state index contributed by atoms with van der Waals surface area (Å²) in [5, 5.41) is 3.40. The second-order valence-electron chi connectivity index (χ2n) is 5.15. The van der Waals surface area contributed by atoms with Crippen molar-refractivity contribution < 1.29 is 4.42 Å². The molecule has 0 atom stereocenters. The Morgan fingerprint density at radius 1 is 1.29 bits per heavy atom. The summed E-state index contributed by atoms with van der Waals surface area (Å²) in [6.45, 7) is 10.1. The number of aryl methyl sites for hydroxylation is 1. The average Bonchev–Trinajstić information content (AvgIpc) is 2.70. The number of nitrogens with one attached hydrogen (secondary N) is 1. The summed E-state index contributed by atoms with van der Waals surface area (Å²) in [6, 6.07) is 4.91. The lowest BCUT2D eigenvalue weighted by Gasteiger charge is -2.46. The Bertz CT molecular complexity index is 364. The summed E-state index contributed by atoms with van der Waals surface area (Å²) in [5.41, 5.74) is 0. The van der Waals surface area contributed by atoms with Crippen molar-refractivity contribution in [3.8, 4) is 0 Å². The molecule has 4 nitrogen and oxygen atoms in total. The first kappa shape index (κ1) is 11.3. The lowest BCUT2D eigenvalue weighted by molar-refractivity contribution is 0.0184. The molecular formula is C13H21N3O. The van der Waals surface area contributed by atoms with Crippen LogP contribution in [0, 0.1) is 6.92 Å². The van der Waals surface area contributed by atoms with Crippen LogP contribution in [0.2, 0.25) is 0 Å². The molecule has 2 saturated heterocycles. The van der Waals surface area contributed by atoms with Gasteiger partial charge in [0.1, 0.15) is 11.5 Å². The van der Waals surface area contributed by atoms with E-state index in [-0.39, 0.29) is 0 Å². The molecule has 1 N–H and O–H groups in total. The monoisotopic (exact) mass is 235 g/mol. The van der Waals surface area contributed by atoms with Crippen molar-refractivity contribution in [3.63, 3.8) is 0 Å². The normalized spacial score (nSPS) is 23.8. The molecule has 94 valence electrons. The van der Waals surface area contributed by atoms with Gasteiger partial charge in [0.25, 0.3) is 0 Å². The molecule has 3 heterocycles. The van der Waals surface area contributed by atoms with Crippen LogP contribution >= 0.6 is 0 Å². The number of likely N-dealkylation sites (tertiary alicyclic amines) is 1. The van der Waals surface area contributed by atoms with Gasteiger partial charge in [-0.1, -0.05) is 0 Å². The molecule has 0 saturated carbocycles. The lowest BCUT2D eigenvalue weighted by atomic mass is 10.1. The Labute approximate surface area is 103 Å². The minimum Gasteiger partial charge on any atom is -0.465 e. The van der Waals surface area contributed by atoms with Crippen molar-refractivity contribution in [2.75, 3.05) is 39.3 Å². The van der Waals surface area contributed by atoms with Crippen molar-refractivity contribution in [1.29, 1.82) is 0 Å². The van der Waals surface area contributed by atoms with Crippen LogP contribution in [0.5, 0.6) is 0 Å². The molecule has 1 aromatic rings. The summed E-state index contributed by atoms with van der Waals surface area (Å²) in [6.07, 6.45) is 0. The molecule has 4 heteroatoms. The van der Waals surface area contributed by atoms with E-state index < -0.39 is 0 Å². The number of nitrogens with zero attached hydrogens (tertiary/aromatic N) is 2. The van der Waals surface area contributed by atoms with E-state index in [2.05, 4.69) is 21.2 Å². The van der Waals surface area contributed by atoms with E-state index in [0.717, 1.165) is 37.2 Å². The van der Waals surface area contributed by atoms with Gasteiger partial charge < -0.3 is 9.73 Å². The second-order valence-corrected chi connectivity index (χ2v) is 5.15. The fourth-order valence-corrected chi connectivity index (χ4v) is 2.74. The van der Waals surface area contributed by atoms with Gasteiger partial charge >= 0.3 is 0 Å². The van der Waals surface area contributed by atoms with Gasteiger partial charge in [-0.2, -0.15) is 0 Å². The number of piperazine rings is 1. The van der Waals surface area contributed by atoms with Crippen LogP contribution in [0.4, 0.5) is 0 Å². The van der Waals surface area contributed by atoms with E-state index >= 15 is 0 Å². The minimum atomic E-state index is 0.771. The average molecular weight is 235 g/mol. The molecule has 2 fully saturated rings. The number of furan rings is 1. The van der Waals surface area contributed by atoms with Crippen molar-refractivity contribution in [3.05, 3.63) is 23.7 Å². The molecule has 2 aliphatic heterocycles. The molecule has 17 heavy (non-hydrogen) atoms. The molecule has 3 rings (SSSR count). The van der Waals surface area contributed by atoms with Crippen molar-refractivity contribution in [1.82, 2.24) is 15.1 Å². The summed E-state index contributed by atoms with van der Waals surface area (Å²) in [5.74, 6) is 2.11. The third-order valence-electron chi connectivity index (χ3n) is 3.78. The lowest BCUT2D eigenvalue weighted by Crippen LogP contribution is -2.62. The summed E-state index contributed by atoms with van der Waals surface area (Å²) < 4.78 is 5.61. The Morgan fingerprint density at radius 2 is 2.06 bits per heavy atom. The van der Waals surface area contributed by atoms with Gasteiger partial charge in [0.15, 0.2) is 0 Å². The van der Waals surface area contributed by atoms with Crippen LogP contribution in [-0.2, 0) is 6.54 Å². The highest BCUT2D eigenvalue weighted by Gasteiger charge is 2.32. The summed E-state index contributed by atoms with van der Waals surface area (Å²) in [7, 11) is 0. The van der Waals surface area contributed by atoms with Crippen LogP contribution in [0.25, 0.3) is 0 Å². The van der Waals surface area contributed by atoms with Gasteiger partial charge in [0, 0.05) is 45.3 Å². The Kier molecular flexibility index (Phi) is 3.18. The van der Waals surface area contributed by atoms with Gasteiger partial charge in [0.05, 0.1) is 6.54 Å². The smallest absolute Gasteiger partial charge is 0.118 e. The highest BCUT2D eigenvalue weighted by molar-refractivity contribution is 5.06. The predicted molar refractivity (Wildman–Crippen MR) is 67.0 cm³/mol. The fraction of sp³-hybridized carbons (Fsp3) is 0.692. The first-order valence-electron chi connectivity index (χ1n) is 6.54. The highest BCUT2D eigenvalue weighted by atomic mass is 16.3. The minimum absolute atomic E-state index is 0.771. The third-order valence-corrected chi connectivity index (χ3v) is 3.78. The van der Waals surface area contributed by atoms with Crippen molar-refractivity contribution in [2.45, 2.75) is 19.5 Å². The molecule has 0 bridgehead atoms. The molecule has 0 unspecified atom stereocenters. The van der Waals surface area contributed by atoms with Crippen molar-refractivity contribution >= 4 is 0 Å². The maximum atomic E-state index is 5.61. The van der Waals surface area contributed by atoms with E-state index in [0.29, 0.717) is 0 Å². The van der Waals surface area contributed by atoms with Gasteiger partial charge in [-0.3, -0.25) is 9.80 Å². The maximum absolute atomic E-state index is 5.61. The van der Waals surface area contributed by atoms with E-state index in [1.54, 1.807) is 0 Å². The Morgan fingerprint density at radius 3 is 2.71 bits per heavy atom. The fourth-order valence-electron chi connectivity index (χ4n) is 2.74. The molecular weight excluding hydrogens is 214 g/mol. The van der Waals surface area contributed by atoms with Gasteiger partial charge in [-0.25, -0.2) is 0 Å². The topological polar surface area (TPSA) is 31.6 Å². The van der Waals surface area contributed by atoms with Crippen LogP contribution in [-0.4, -0.2) is 55.1 Å². The van der Waals surface area contributed by atoms with E-state index in [1.807, 2.05) is 13.0 Å². The SMILES string of the molecule is Cc1ccc(CN2CC(N3CCNCC3)C2)o1. The van der Waals surface area contributed by atoms with Gasteiger partial charge in [-0.15, -0.1) is 0 Å². The molecule has 1 aromatic heterocycles. The zero-order valence-corrected chi connectivity index (χ0v) is 10.5. The Balaban J connectivity index is 1.45. The van der Waals surface area contributed by atoms with Crippen LogP contribution in [0.15, 0.2) is 16.5 Å².